The Morgan fingerprint density at radius 1 is 1.14 bits per heavy atom. The van der Waals surface area contributed by atoms with Crippen LogP contribution in [0, 0.1) is 0 Å². The van der Waals surface area contributed by atoms with Crippen molar-refractivity contribution in [1.82, 2.24) is 5.32 Å². The monoisotopic (exact) mass is 295 g/mol. The summed E-state index contributed by atoms with van der Waals surface area (Å²) < 4.78 is 15.1. The predicted molar refractivity (Wildman–Crippen MR) is 77.1 cm³/mol. The Balaban J connectivity index is 3.02. The summed E-state index contributed by atoms with van der Waals surface area (Å²) in [5.41, 5.74) is -0.163. The first-order valence-corrected chi connectivity index (χ1v) is 6.48. The number of hydrogen-bond acceptors (Lipinski definition) is 5. The molecular weight excluding hydrogens is 274 g/mol. The van der Waals surface area contributed by atoms with Gasteiger partial charge in [-0.2, -0.15) is 0 Å². The molecule has 1 N–H and O–H groups in total. The summed E-state index contributed by atoms with van der Waals surface area (Å²) in [6, 6.07) is 5.88. The van der Waals surface area contributed by atoms with Crippen LogP contribution in [0.25, 0.3) is 0 Å². The summed E-state index contributed by atoms with van der Waals surface area (Å²) in [4.78, 5) is 23.8. The van der Waals surface area contributed by atoms with E-state index in [2.05, 4.69) is 5.32 Å². The Kier molecular flexibility index (Phi) is 5.58. The smallest absolute Gasteiger partial charge is 0.408 e. The molecule has 1 atom stereocenters. The number of methoxy groups -OCH3 is 2. The quantitative estimate of drug-likeness (QED) is 0.864. The first kappa shape index (κ1) is 16.8. The van der Waals surface area contributed by atoms with Crippen molar-refractivity contribution < 1.29 is 23.8 Å². The van der Waals surface area contributed by atoms with Gasteiger partial charge in [0.05, 0.1) is 14.2 Å². The van der Waals surface area contributed by atoms with Gasteiger partial charge < -0.3 is 19.5 Å². The number of carbonyl (C=O) groups excluding carboxylic acids is 2. The van der Waals surface area contributed by atoms with Crippen LogP contribution >= 0.6 is 0 Å². The second-order valence-corrected chi connectivity index (χ2v) is 5.34. The van der Waals surface area contributed by atoms with Gasteiger partial charge in [0.15, 0.2) is 6.04 Å². The number of esters is 1. The molecule has 1 aromatic carbocycles. The van der Waals surface area contributed by atoms with E-state index in [0.29, 0.717) is 11.3 Å². The maximum atomic E-state index is 11.9. The molecule has 1 unspecified atom stereocenters. The SMILES string of the molecule is COC(=O)C(NC(=O)OC(C)(C)C)c1ccccc1OC. The van der Waals surface area contributed by atoms with Gasteiger partial charge in [-0.05, 0) is 26.8 Å². The van der Waals surface area contributed by atoms with Crippen molar-refractivity contribution in [3.8, 4) is 5.75 Å². The highest BCUT2D eigenvalue weighted by atomic mass is 16.6. The summed E-state index contributed by atoms with van der Waals surface area (Å²) in [5.74, 6) is -0.130. The lowest BCUT2D eigenvalue weighted by Gasteiger charge is -2.23. The molecule has 6 nitrogen and oxygen atoms in total. The van der Waals surface area contributed by atoms with E-state index in [1.807, 2.05) is 0 Å². The number of ether oxygens (including phenoxy) is 3. The second kappa shape index (κ2) is 6.97. The minimum atomic E-state index is -0.999. The third-order valence-corrected chi connectivity index (χ3v) is 2.55. The van der Waals surface area contributed by atoms with Crippen LogP contribution in [0.3, 0.4) is 0 Å². The molecule has 0 aliphatic carbocycles. The van der Waals surface area contributed by atoms with Crippen LogP contribution in [-0.2, 0) is 14.3 Å². The average Bonchev–Trinajstić information content (AvgIpc) is 2.42. The van der Waals surface area contributed by atoms with Crippen molar-refractivity contribution in [3.63, 3.8) is 0 Å². The summed E-state index contributed by atoms with van der Waals surface area (Å²) in [6.07, 6.45) is -0.705. The number of amides is 1. The number of benzene rings is 1. The number of rotatable bonds is 4. The molecule has 116 valence electrons. The Morgan fingerprint density at radius 2 is 1.76 bits per heavy atom. The van der Waals surface area contributed by atoms with Gasteiger partial charge >= 0.3 is 12.1 Å². The highest BCUT2D eigenvalue weighted by Gasteiger charge is 2.28. The number of para-hydroxylation sites is 1. The van der Waals surface area contributed by atoms with E-state index in [1.54, 1.807) is 45.0 Å². The van der Waals surface area contributed by atoms with E-state index in [4.69, 9.17) is 14.2 Å². The van der Waals surface area contributed by atoms with Gasteiger partial charge in [0, 0.05) is 5.56 Å². The van der Waals surface area contributed by atoms with E-state index in [0.717, 1.165) is 0 Å². The fraction of sp³-hybridized carbons (Fsp3) is 0.467. The van der Waals surface area contributed by atoms with E-state index >= 15 is 0 Å². The molecule has 1 amide bonds. The predicted octanol–water partition coefficient (Wildman–Crippen LogP) is 2.43. The lowest BCUT2D eigenvalue weighted by molar-refractivity contribution is -0.143. The van der Waals surface area contributed by atoms with Crippen LogP contribution in [0.1, 0.15) is 32.4 Å². The fourth-order valence-electron chi connectivity index (χ4n) is 1.71. The molecule has 0 saturated heterocycles. The lowest BCUT2D eigenvalue weighted by Crippen LogP contribution is -2.38. The fourth-order valence-corrected chi connectivity index (χ4v) is 1.71. The van der Waals surface area contributed by atoms with Crippen LogP contribution in [0.5, 0.6) is 5.75 Å². The topological polar surface area (TPSA) is 73.9 Å². The van der Waals surface area contributed by atoms with E-state index < -0.39 is 23.7 Å². The zero-order valence-electron chi connectivity index (χ0n) is 12.9. The molecule has 1 aromatic rings. The first-order valence-electron chi connectivity index (χ1n) is 6.48. The number of nitrogens with one attached hydrogen (secondary N) is 1. The molecule has 0 aliphatic heterocycles. The average molecular weight is 295 g/mol. The van der Waals surface area contributed by atoms with E-state index in [9.17, 15) is 9.59 Å². The minimum Gasteiger partial charge on any atom is -0.496 e. The highest BCUT2D eigenvalue weighted by Crippen LogP contribution is 2.26. The third-order valence-electron chi connectivity index (χ3n) is 2.55. The molecule has 0 spiro atoms. The van der Waals surface area contributed by atoms with Crippen LogP contribution < -0.4 is 10.1 Å². The van der Waals surface area contributed by atoms with E-state index in [1.165, 1.54) is 14.2 Å². The van der Waals surface area contributed by atoms with Crippen molar-refractivity contribution in [2.75, 3.05) is 14.2 Å². The summed E-state index contributed by atoms with van der Waals surface area (Å²) >= 11 is 0. The summed E-state index contributed by atoms with van der Waals surface area (Å²) in [6.45, 7) is 5.22. The summed E-state index contributed by atoms with van der Waals surface area (Å²) in [7, 11) is 2.74. The van der Waals surface area contributed by atoms with Gasteiger partial charge in [0.1, 0.15) is 11.4 Å². The Hall–Kier alpha value is -2.24. The molecule has 0 aliphatic rings. The first-order chi connectivity index (χ1) is 9.78. The molecule has 0 bridgehead atoms. The van der Waals surface area contributed by atoms with Crippen molar-refractivity contribution in [2.24, 2.45) is 0 Å². The molecule has 0 fully saturated rings. The van der Waals surface area contributed by atoms with E-state index in [-0.39, 0.29) is 0 Å². The van der Waals surface area contributed by atoms with Crippen LogP contribution in [0.4, 0.5) is 4.79 Å². The highest BCUT2D eigenvalue weighted by molar-refractivity contribution is 5.83. The molecule has 1 rings (SSSR count). The molecule has 0 heterocycles. The van der Waals surface area contributed by atoms with Crippen LogP contribution in [0.2, 0.25) is 0 Å². The maximum Gasteiger partial charge on any atom is 0.408 e. The number of carbonyl (C=O) groups is 2. The Morgan fingerprint density at radius 3 is 2.29 bits per heavy atom. The van der Waals surface area contributed by atoms with Gasteiger partial charge in [0.2, 0.25) is 0 Å². The van der Waals surface area contributed by atoms with Crippen molar-refractivity contribution >= 4 is 12.1 Å². The maximum absolute atomic E-state index is 11.9. The van der Waals surface area contributed by atoms with Crippen molar-refractivity contribution in [1.29, 1.82) is 0 Å². The van der Waals surface area contributed by atoms with Crippen LogP contribution in [0.15, 0.2) is 24.3 Å². The van der Waals surface area contributed by atoms with Gasteiger partial charge in [-0.3, -0.25) is 0 Å². The zero-order chi connectivity index (χ0) is 16.0. The summed E-state index contributed by atoms with van der Waals surface area (Å²) in [5, 5.41) is 2.50. The zero-order valence-corrected chi connectivity index (χ0v) is 12.9. The van der Waals surface area contributed by atoms with Crippen molar-refractivity contribution in [3.05, 3.63) is 29.8 Å². The molecule has 21 heavy (non-hydrogen) atoms. The molecular formula is C15H21NO5. The largest absolute Gasteiger partial charge is 0.496 e. The Bertz CT molecular complexity index is 507. The Labute approximate surface area is 124 Å². The number of hydrogen-bond donors (Lipinski definition) is 1. The van der Waals surface area contributed by atoms with Crippen LogP contribution in [-0.4, -0.2) is 31.9 Å². The van der Waals surface area contributed by atoms with Gasteiger partial charge in [-0.25, -0.2) is 9.59 Å². The van der Waals surface area contributed by atoms with Crippen molar-refractivity contribution in [2.45, 2.75) is 32.4 Å². The molecule has 0 saturated carbocycles. The lowest BCUT2D eigenvalue weighted by atomic mass is 10.1. The standard InChI is InChI=1S/C15H21NO5/c1-15(2,3)21-14(18)16-12(13(17)20-5)10-8-6-7-9-11(10)19-4/h6-9,12H,1-5H3,(H,16,18). The van der Waals surface area contributed by atoms with Gasteiger partial charge in [0.25, 0.3) is 0 Å². The molecule has 0 radical (unpaired) electrons. The normalized spacial score (nSPS) is 12.2. The minimum absolute atomic E-state index is 0.476. The number of alkyl carbamates (subject to hydrolysis) is 1. The van der Waals surface area contributed by atoms with Gasteiger partial charge in [-0.15, -0.1) is 0 Å². The second-order valence-electron chi connectivity index (χ2n) is 5.34. The van der Waals surface area contributed by atoms with Gasteiger partial charge in [-0.1, -0.05) is 18.2 Å². The third kappa shape index (κ3) is 4.98. The molecule has 0 aromatic heterocycles. The molecule has 6 heteroatoms.